The Morgan fingerprint density at radius 1 is 1.36 bits per heavy atom. The van der Waals surface area contributed by atoms with E-state index in [2.05, 4.69) is 20.6 Å². The lowest BCUT2D eigenvalue weighted by molar-refractivity contribution is 0.0929. The van der Waals surface area contributed by atoms with Crippen molar-refractivity contribution in [2.45, 2.75) is 32.0 Å². The molecule has 7 heteroatoms. The van der Waals surface area contributed by atoms with E-state index in [1.165, 1.54) is 0 Å². The van der Waals surface area contributed by atoms with Gasteiger partial charge in [0.25, 0.3) is 5.91 Å². The van der Waals surface area contributed by atoms with E-state index in [0.717, 1.165) is 35.9 Å². The van der Waals surface area contributed by atoms with Crippen LogP contribution in [0.3, 0.4) is 0 Å². The van der Waals surface area contributed by atoms with Gasteiger partial charge in [-0.25, -0.2) is 4.68 Å². The predicted molar refractivity (Wildman–Crippen MR) is 91.9 cm³/mol. The standard InChI is InChI=1S/C18H19N5O2/c24-18(17-12-23(22-21-17)11-15-4-2-8-25-15)20-10-13-5-6-16-14(9-13)3-1-7-19-16/h1,3,5-7,9,12,15H,2,4,8,10-11H2,(H,20,24)/t15-/m0/s1. The SMILES string of the molecule is O=C(NCc1ccc2ncccc2c1)c1cn(C[C@@H]2CCCO2)nn1. The molecule has 1 aromatic carbocycles. The van der Waals surface area contributed by atoms with Crippen LogP contribution in [-0.4, -0.2) is 38.6 Å². The summed E-state index contributed by atoms with van der Waals surface area (Å²) in [6.07, 6.45) is 5.71. The van der Waals surface area contributed by atoms with Gasteiger partial charge in [0.15, 0.2) is 5.69 Å². The number of benzene rings is 1. The number of hydrogen-bond donors (Lipinski definition) is 1. The summed E-state index contributed by atoms with van der Waals surface area (Å²) in [5.41, 5.74) is 2.27. The lowest BCUT2D eigenvalue weighted by Gasteiger charge is -2.07. The molecule has 3 heterocycles. The van der Waals surface area contributed by atoms with Crippen LogP contribution < -0.4 is 5.32 Å². The number of hydrogen-bond acceptors (Lipinski definition) is 5. The van der Waals surface area contributed by atoms with Crippen LogP contribution in [-0.2, 0) is 17.8 Å². The van der Waals surface area contributed by atoms with Crippen molar-refractivity contribution in [1.82, 2.24) is 25.3 Å². The molecule has 0 radical (unpaired) electrons. The fourth-order valence-corrected chi connectivity index (χ4v) is 3.00. The molecule has 0 aliphatic carbocycles. The Kier molecular flexibility index (Phi) is 4.39. The first-order valence-corrected chi connectivity index (χ1v) is 8.41. The average Bonchev–Trinajstić information content (AvgIpc) is 3.32. The summed E-state index contributed by atoms with van der Waals surface area (Å²) in [4.78, 5) is 16.6. The highest BCUT2D eigenvalue weighted by atomic mass is 16.5. The van der Waals surface area contributed by atoms with Crippen LogP contribution in [0.4, 0.5) is 0 Å². The van der Waals surface area contributed by atoms with Crippen LogP contribution in [0.2, 0.25) is 0 Å². The minimum Gasteiger partial charge on any atom is -0.376 e. The highest BCUT2D eigenvalue weighted by Crippen LogP contribution is 2.14. The van der Waals surface area contributed by atoms with Gasteiger partial charge in [-0.2, -0.15) is 0 Å². The van der Waals surface area contributed by atoms with Gasteiger partial charge in [-0.05, 0) is 36.6 Å². The fraction of sp³-hybridized carbons (Fsp3) is 0.333. The number of amides is 1. The van der Waals surface area contributed by atoms with Gasteiger partial charge in [0, 0.05) is 24.7 Å². The first-order chi connectivity index (χ1) is 12.3. The molecule has 128 valence electrons. The highest BCUT2D eigenvalue weighted by molar-refractivity contribution is 5.91. The van der Waals surface area contributed by atoms with Crippen molar-refractivity contribution in [1.29, 1.82) is 0 Å². The predicted octanol–water partition coefficient (Wildman–Crippen LogP) is 1.94. The largest absolute Gasteiger partial charge is 0.376 e. The first-order valence-electron chi connectivity index (χ1n) is 8.41. The average molecular weight is 337 g/mol. The molecule has 4 rings (SSSR count). The topological polar surface area (TPSA) is 81.9 Å². The van der Waals surface area contributed by atoms with Crippen molar-refractivity contribution in [2.24, 2.45) is 0 Å². The van der Waals surface area contributed by atoms with Gasteiger partial charge in [-0.15, -0.1) is 5.10 Å². The van der Waals surface area contributed by atoms with Crippen LogP contribution >= 0.6 is 0 Å². The third kappa shape index (κ3) is 3.66. The monoisotopic (exact) mass is 337 g/mol. The molecule has 1 N–H and O–H groups in total. The molecule has 7 nitrogen and oxygen atoms in total. The molecule has 0 bridgehead atoms. The Morgan fingerprint density at radius 3 is 3.20 bits per heavy atom. The lowest BCUT2D eigenvalue weighted by atomic mass is 10.1. The number of aromatic nitrogens is 4. The molecular weight excluding hydrogens is 318 g/mol. The normalized spacial score (nSPS) is 17.0. The van der Waals surface area contributed by atoms with E-state index < -0.39 is 0 Å². The summed E-state index contributed by atoms with van der Waals surface area (Å²) in [5.74, 6) is -0.232. The smallest absolute Gasteiger partial charge is 0.273 e. The summed E-state index contributed by atoms with van der Waals surface area (Å²) in [7, 11) is 0. The number of carbonyl (C=O) groups excluding carboxylic acids is 1. The Balaban J connectivity index is 1.37. The minimum absolute atomic E-state index is 0.170. The Hall–Kier alpha value is -2.80. The van der Waals surface area contributed by atoms with E-state index in [0.29, 0.717) is 18.8 Å². The molecule has 2 aromatic heterocycles. The van der Waals surface area contributed by atoms with Gasteiger partial charge in [0.05, 0.1) is 24.4 Å². The van der Waals surface area contributed by atoms with E-state index in [4.69, 9.17) is 4.74 Å². The van der Waals surface area contributed by atoms with Gasteiger partial charge in [-0.3, -0.25) is 9.78 Å². The number of carbonyl (C=O) groups is 1. The van der Waals surface area contributed by atoms with E-state index >= 15 is 0 Å². The van der Waals surface area contributed by atoms with Crippen molar-refractivity contribution in [3.05, 3.63) is 54.0 Å². The van der Waals surface area contributed by atoms with Gasteiger partial charge >= 0.3 is 0 Å². The minimum atomic E-state index is -0.232. The zero-order valence-electron chi connectivity index (χ0n) is 13.8. The van der Waals surface area contributed by atoms with Crippen LogP contribution in [0.5, 0.6) is 0 Å². The molecule has 1 saturated heterocycles. The maximum absolute atomic E-state index is 12.3. The number of fused-ring (bicyclic) bond motifs is 1. The van der Waals surface area contributed by atoms with Crippen LogP contribution in [0.1, 0.15) is 28.9 Å². The molecule has 3 aromatic rings. The number of nitrogens with zero attached hydrogens (tertiary/aromatic N) is 4. The quantitative estimate of drug-likeness (QED) is 0.769. The van der Waals surface area contributed by atoms with Gasteiger partial charge in [-0.1, -0.05) is 17.3 Å². The summed E-state index contributed by atoms with van der Waals surface area (Å²) >= 11 is 0. The molecule has 1 aliphatic heterocycles. The summed E-state index contributed by atoms with van der Waals surface area (Å²) in [5, 5.41) is 11.9. The third-order valence-corrected chi connectivity index (χ3v) is 4.31. The third-order valence-electron chi connectivity index (χ3n) is 4.31. The maximum Gasteiger partial charge on any atom is 0.273 e. The second-order valence-corrected chi connectivity index (χ2v) is 6.17. The zero-order valence-corrected chi connectivity index (χ0v) is 13.8. The molecular formula is C18H19N5O2. The van der Waals surface area contributed by atoms with Crippen LogP contribution in [0.15, 0.2) is 42.7 Å². The summed E-state index contributed by atoms with van der Waals surface area (Å²) in [6, 6.07) is 9.84. The number of ether oxygens (including phenoxy) is 1. The van der Waals surface area contributed by atoms with Crippen molar-refractivity contribution >= 4 is 16.8 Å². The second-order valence-electron chi connectivity index (χ2n) is 6.17. The number of pyridine rings is 1. The molecule has 25 heavy (non-hydrogen) atoms. The highest BCUT2D eigenvalue weighted by Gasteiger charge is 2.18. The second kappa shape index (κ2) is 6.98. The van der Waals surface area contributed by atoms with Crippen LogP contribution in [0.25, 0.3) is 10.9 Å². The maximum atomic E-state index is 12.3. The summed E-state index contributed by atoms with van der Waals surface area (Å²) in [6.45, 7) is 1.87. The molecule has 1 fully saturated rings. The van der Waals surface area contributed by atoms with Gasteiger partial charge < -0.3 is 10.1 Å². The number of rotatable bonds is 5. The van der Waals surface area contributed by atoms with E-state index in [-0.39, 0.29) is 12.0 Å². The summed E-state index contributed by atoms with van der Waals surface area (Å²) < 4.78 is 7.25. The van der Waals surface area contributed by atoms with Crippen molar-refractivity contribution in [3.8, 4) is 0 Å². The van der Waals surface area contributed by atoms with Crippen molar-refractivity contribution in [3.63, 3.8) is 0 Å². The Morgan fingerprint density at radius 2 is 2.32 bits per heavy atom. The zero-order chi connectivity index (χ0) is 17.1. The van der Waals surface area contributed by atoms with E-state index in [9.17, 15) is 4.79 Å². The molecule has 0 saturated carbocycles. The fourth-order valence-electron chi connectivity index (χ4n) is 3.00. The molecule has 1 atom stereocenters. The van der Waals surface area contributed by atoms with Gasteiger partial charge in [0.2, 0.25) is 0 Å². The van der Waals surface area contributed by atoms with E-state index in [1.807, 2.05) is 30.3 Å². The lowest BCUT2D eigenvalue weighted by Crippen LogP contribution is -2.23. The first kappa shape index (κ1) is 15.7. The molecule has 1 aliphatic rings. The van der Waals surface area contributed by atoms with E-state index in [1.54, 1.807) is 17.1 Å². The van der Waals surface area contributed by atoms with Crippen LogP contribution in [0, 0.1) is 0 Å². The number of nitrogens with one attached hydrogen (secondary N) is 1. The molecule has 1 amide bonds. The molecule has 0 unspecified atom stereocenters. The van der Waals surface area contributed by atoms with Crippen molar-refractivity contribution in [2.75, 3.05) is 6.61 Å². The van der Waals surface area contributed by atoms with Gasteiger partial charge in [0.1, 0.15) is 0 Å². The Labute approximate surface area is 145 Å². The Bertz CT molecular complexity index is 886. The van der Waals surface area contributed by atoms with Crippen molar-refractivity contribution < 1.29 is 9.53 Å². The molecule has 0 spiro atoms.